The lowest BCUT2D eigenvalue weighted by molar-refractivity contribution is -0.142. The first-order chi connectivity index (χ1) is 12.7. The van der Waals surface area contributed by atoms with Gasteiger partial charge in [0.05, 0.1) is 19.1 Å². The molecule has 1 aromatic carbocycles. The molecule has 0 saturated carbocycles. The molecule has 1 atom stereocenters. The summed E-state index contributed by atoms with van der Waals surface area (Å²) in [5, 5.41) is 3.59. The first-order valence-corrected chi connectivity index (χ1v) is 10.1. The van der Waals surface area contributed by atoms with Crippen LogP contribution in [0.2, 0.25) is 0 Å². The third kappa shape index (κ3) is 3.83. The highest BCUT2D eigenvalue weighted by molar-refractivity contribution is 8.00. The van der Waals surface area contributed by atoms with Crippen LogP contribution >= 0.6 is 23.1 Å². The molecule has 0 amide bonds. The van der Waals surface area contributed by atoms with E-state index in [-0.39, 0.29) is 11.2 Å². The van der Waals surface area contributed by atoms with Crippen LogP contribution in [0.4, 0.5) is 0 Å². The van der Waals surface area contributed by atoms with Gasteiger partial charge in [0.2, 0.25) is 0 Å². The number of hydrogen-bond acceptors (Lipinski definition) is 7. The van der Waals surface area contributed by atoms with Crippen LogP contribution in [0.1, 0.15) is 20.3 Å². The molecule has 136 valence electrons. The summed E-state index contributed by atoms with van der Waals surface area (Å²) in [5.74, 6) is 0.612. The molecule has 7 heteroatoms. The fourth-order valence-electron chi connectivity index (χ4n) is 2.59. The number of carbonyl (C=O) groups excluding carboxylic acids is 1. The molecule has 0 bridgehead atoms. The van der Waals surface area contributed by atoms with Gasteiger partial charge in [0.1, 0.15) is 27.2 Å². The Morgan fingerprint density at radius 3 is 2.65 bits per heavy atom. The summed E-state index contributed by atoms with van der Waals surface area (Å²) in [6.07, 6.45) is 2.23. The van der Waals surface area contributed by atoms with Gasteiger partial charge in [0.25, 0.3) is 0 Å². The van der Waals surface area contributed by atoms with E-state index in [0.29, 0.717) is 13.0 Å². The van der Waals surface area contributed by atoms with Crippen LogP contribution < -0.4 is 4.74 Å². The Kier molecular flexibility index (Phi) is 6.11. The maximum atomic E-state index is 12.2. The maximum absolute atomic E-state index is 12.2. The number of aromatic nitrogens is 2. The van der Waals surface area contributed by atoms with Crippen molar-refractivity contribution in [3.63, 3.8) is 0 Å². The average Bonchev–Trinajstić information content (AvgIpc) is 3.11. The highest BCUT2D eigenvalue weighted by Crippen LogP contribution is 2.39. The Bertz CT molecular complexity index is 893. The molecular formula is C19H20N2O3S2. The van der Waals surface area contributed by atoms with Crippen LogP contribution in [0.15, 0.2) is 41.0 Å². The molecule has 5 nitrogen and oxygen atoms in total. The van der Waals surface area contributed by atoms with Crippen molar-refractivity contribution in [1.29, 1.82) is 0 Å². The van der Waals surface area contributed by atoms with Gasteiger partial charge in [-0.3, -0.25) is 4.79 Å². The second-order valence-electron chi connectivity index (χ2n) is 5.50. The molecule has 3 rings (SSSR count). The molecule has 0 saturated heterocycles. The smallest absolute Gasteiger partial charge is 0.319 e. The Morgan fingerprint density at radius 1 is 1.23 bits per heavy atom. The first-order valence-electron chi connectivity index (χ1n) is 8.37. The van der Waals surface area contributed by atoms with E-state index < -0.39 is 0 Å². The molecule has 0 fully saturated rings. The second-order valence-corrected chi connectivity index (χ2v) is 7.55. The third-order valence-electron chi connectivity index (χ3n) is 3.91. The fraction of sp³-hybridized carbons (Fsp3) is 0.316. The fourth-order valence-corrected chi connectivity index (χ4v) is 4.60. The first kappa shape index (κ1) is 18.7. The maximum Gasteiger partial charge on any atom is 0.319 e. The number of thioether (sulfide) groups is 1. The number of thiophene rings is 1. The normalized spacial score (nSPS) is 12.1. The minimum atomic E-state index is -0.281. The number of ether oxygens (including phenoxy) is 2. The monoisotopic (exact) mass is 388 g/mol. The Balaban J connectivity index is 2.00. The van der Waals surface area contributed by atoms with Gasteiger partial charge in [-0.1, -0.05) is 30.8 Å². The molecule has 0 aliphatic carbocycles. The zero-order chi connectivity index (χ0) is 18.5. The molecule has 2 aromatic heterocycles. The molecule has 1 unspecified atom stereocenters. The van der Waals surface area contributed by atoms with E-state index >= 15 is 0 Å². The van der Waals surface area contributed by atoms with Crippen molar-refractivity contribution in [2.45, 2.75) is 30.5 Å². The molecule has 0 aliphatic rings. The zero-order valence-corrected chi connectivity index (χ0v) is 16.5. The van der Waals surface area contributed by atoms with Crippen molar-refractivity contribution < 1.29 is 14.3 Å². The lowest BCUT2D eigenvalue weighted by Gasteiger charge is -2.13. The van der Waals surface area contributed by atoms with E-state index in [9.17, 15) is 4.79 Å². The largest absolute Gasteiger partial charge is 0.497 e. The molecular weight excluding hydrogens is 368 g/mol. The van der Waals surface area contributed by atoms with E-state index in [0.717, 1.165) is 32.1 Å². The van der Waals surface area contributed by atoms with E-state index in [1.165, 1.54) is 11.8 Å². The van der Waals surface area contributed by atoms with E-state index in [1.54, 1.807) is 24.8 Å². The predicted octanol–water partition coefficient (Wildman–Crippen LogP) is 4.80. The molecule has 0 aliphatic heterocycles. The van der Waals surface area contributed by atoms with Crippen LogP contribution in [0.5, 0.6) is 5.75 Å². The zero-order valence-electron chi connectivity index (χ0n) is 14.9. The number of hydrogen-bond donors (Lipinski definition) is 0. The topological polar surface area (TPSA) is 61.3 Å². The standard InChI is InChI=1S/C19H20N2O3S2/c1-4-15(19(22)24-5-2)26-18-16-14(10-25-17(16)20-11-21-18)12-6-8-13(23-3)9-7-12/h6-11,15H,4-5H2,1-3H3. The van der Waals surface area contributed by atoms with Crippen LogP contribution in [-0.4, -0.2) is 34.9 Å². The van der Waals surface area contributed by atoms with Gasteiger partial charge in [-0.2, -0.15) is 0 Å². The van der Waals surface area contributed by atoms with Crippen LogP contribution in [-0.2, 0) is 9.53 Å². The minimum Gasteiger partial charge on any atom is -0.497 e. The molecule has 0 radical (unpaired) electrons. The van der Waals surface area contributed by atoms with Crippen molar-refractivity contribution in [3.05, 3.63) is 36.0 Å². The van der Waals surface area contributed by atoms with Gasteiger partial charge in [0.15, 0.2) is 0 Å². The van der Waals surface area contributed by atoms with Gasteiger partial charge in [0, 0.05) is 10.9 Å². The lowest BCUT2D eigenvalue weighted by atomic mass is 10.1. The number of methoxy groups -OCH3 is 1. The van der Waals surface area contributed by atoms with Crippen molar-refractivity contribution >= 4 is 39.3 Å². The highest BCUT2D eigenvalue weighted by atomic mass is 32.2. The third-order valence-corrected chi connectivity index (χ3v) is 6.14. The Labute approximate surface area is 160 Å². The number of esters is 1. The van der Waals surface area contributed by atoms with Crippen LogP contribution in [0.3, 0.4) is 0 Å². The number of rotatable bonds is 7. The number of nitrogens with zero attached hydrogens (tertiary/aromatic N) is 2. The van der Waals surface area contributed by atoms with Crippen LogP contribution in [0.25, 0.3) is 21.3 Å². The van der Waals surface area contributed by atoms with E-state index in [2.05, 4.69) is 15.3 Å². The average molecular weight is 389 g/mol. The Morgan fingerprint density at radius 2 is 2.00 bits per heavy atom. The summed E-state index contributed by atoms with van der Waals surface area (Å²) in [5.41, 5.74) is 2.13. The SMILES string of the molecule is CCOC(=O)C(CC)Sc1ncnc2scc(-c3ccc(OC)cc3)c12. The summed E-state index contributed by atoms with van der Waals surface area (Å²) in [6, 6.07) is 7.90. The van der Waals surface area contributed by atoms with Crippen molar-refractivity contribution in [1.82, 2.24) is 9.97 Å². The number of benzene rings is 1. The summed E-state index contributed by atoms with van der Waals surface area (Å²) >= 11 is 3.02. The molecule has 3 aromatic rings. The Hall–Kier alpha value is -2.12. The summed E-state index contributed by atoms with van der Waals surface area (Å²) in [6.45, 7) is 4.18. The molecule has 0 spiro atoms. The van der Waals surface area contributed by atoms with Gasteiger partial charge in [-0.15, -0.1) is 11.3 Å². The lowest BCUT2D eigenvalue weighted by Crippen LogP contribution is -2.19. The highest BCUT2D eigenvalue weighted by Gasteiger charge is 2.23. The van der Waals surface area contributed by atoms with Crippen molar-refractivity contribution in [2.24, 2.45) is 0 Å². The van der Waals surface area contributed by atoms with Crippen molar-refractivity contribution in [3.8, 4) is 16.9 Å². The second kappa shape index (κ2) is 8.51. The molecule has 2 heterocycles. The number of carbonyl (C=O) groups is 1. The quantitative estimate of drug-likeness (QED) is 0.329. The van der Waals surface area contributed by atoms with Gasteiger partial charge in [-0.25, -0.2) is 9.97 Å². The van der Waals surface area contributed by atoms with Crippen LogP contribution in [0, 0.1) is 0 Å². The molecule has 0 N–H and O–H groups in total. The van der Waals surface area contributed by atoms with E-state index in [1.807, 2.05) is 38.1 Å². The predicted molar refractivity (Wildman–Crippen MR) is 106 cm³/mol. The van der Waals surface area contributed by atoms with E-state index in [4.69, 9.17) is 9.47 Å². The van der Waals surface area contributed by atoms with Crippen molar-refractivity contribution in [2.75, 3.05) is 13.7 Å². The summed E-state index contributed by atoms with van der Waals surface area (Å²) in [4.78, 5) is 21.9. The van der Waals surface area contributed by atoms with Gasteiger partial charge < -0.3 is 9.47 Å². The summed E-state index contributed by atoms with van der Waals surface area (Å²) in [7, 11) is 1.65. The summed E-state index contributed by atoms with van der Waals surface area (Å²) < 4.78 is 10.4. The molecule has 26 heavy (non-hydrogen) atoms. The van der Waals surface area contributed by atoms with Gasteiger partial charge in [-0.05, 0) is 31.0 Å². The number of fused-ring (bicyclic) bond motifs is 1. The van der Waals surface area contributed by atoms with Gasteiger partial charge >= 0.3 is 5.97 Å². The minimum absolute atomic E-state index is 0.201.